The highest BCUT2D eigenvalue weighted by atomic mass is 16.3. The number of aliphatic hydroxyl groups excluding tert-OH is 1. The number of H-pyrrole nitrogens is 1. The van der Waals surface area contributed by atoms with Crippen LogP contribution in [0.3, 0.4) is 0 Å². The number of fused-ring (bicyclic) bond motifs is 1. The molecule has 7 heteroatoms. The molecule has 7 nitrogen and oxygen atoms in total. The molecule has 158 valence electrons. The molecule has 0 aliphatic carbocycles. The molecule has 0 spiro atoms. The molecule has 0 saturated carbocycles. The van der Waals surface area contributed by atoms with Crippen molar-refractivity contribution in [2.45, 2.75) is 12.6 Å². The van der Waals surface area contributed by atoms with Crippen molar-refractivity contribution in [3.8, 4) is 5.75 Å². The molecule has 1 aliphatic heterocycles. The van der Waals surface area contributed by atoms with Crippen LogP contribution in [0, 0.1) is 0 Å². The number of carbonyl (C=O) groups excluding carboxylic acids is 2. The van der Waals surface area contributed by atoms with Crippen LogP contribution >= 0.6 is 0 Å². The lowest BCUT2D eigenvalue weighted by Crippen LogP contribution is -2.29. The van der Waals surface area contributed by atoms with Crippen LogP contribution in [0.4, 0.5) is 0 Å². The number of likely N-dealkylation sites (tertiary alicyclic amines) is 1. The second kappa shape index (κ2) is 7.70. The average molecular weight is 425 g/mol. The van der Waals surface area contributed by atoms with Gasteiger partial charge >= 0.3 is 0 Å². The van der Waals surface area contributed by atoms with Crippen molar-refractivity contribution in [2.75, 3.05) is 0 Å². The van der Waals surface area contributed by atoms with Crippen LogP contribution in [-0.4, -0.2) is 36.8 Å². The first-order chi connectivity index (χ1) is 15.5. The lowest BCUT2D eigenvalue weighted by atomic mass is 9.95. The zero-order valence-electron chi connectivity index (χ0n) is 16.9. The van der Waals surface area contributed by atoms with Crippen molar-refractivity contribution in [3.05, 3.63) is 102 Å². The van der Waals surface area contributed by atoms with Crippen LogP contribution < -0.4 is 0 Å². The molecule has 2 aromatic carbocycles. The molecular weight excluding hydrogens is 406 g/mol. The first-order valence-corrected chi connectivity index (χ1v) is 10.1. The third-order valence-electron chi connectivity index (χ3n) is 5.65. The van der Waals surface area contributed by atoms with E-state index in [1.54, 1.807) is 36.8 Å². The minimum absolute atomic E-state index is 0.00144. The average Bonchev–Trinajstić information content (AvgIpc) is 3.34. The van der Waals surface area contributed by atoms with E-state index in [9.17, 15) is 19.8 Å². The molecule has 1 unspecified atom stereocenters. The Morgan fingerprint density at radius 3 is 2.69 bits per heavy atom. The number of rotatable bonds is 4. The highest BCUT2D eigenvalue weighted by Crippen LogP contribution is 2.41. The smallest absolute Gasteiger partial charge is 0.295 e. The topological polar surface area (TPSA) is 107 Å². The number of nitrogens with one attached hydrogen (secondary N) is 1. The van der Waals surface area contributed by atoms with Gasteiger partial charge in [0, 0.05) is 41.6 Å². The van der Waals surface area contributed by atoms with E-state index in [-0.39, 0.29) is 23.6 Å². The van der Waals surface area contributed by atoms with Crippen LogP contribution in [0.2, 0.25) is 0 Å². The Labute approximate surface area is 183 Å². The van der Waals surface area contributed by atoms with Gasteiger partial charge in [0.2, 0.25) is 0 Å². The zero-order valence-corrected chi connectivity index (χ0v) is 16.9. The molecule has 2 aromatic heterocycles. The molecule has 3 heterocycles. The van der Waals surface area contributed by atoms with Gasteiger partial charge in [0.15, 0.2) is 0 Å². The molecule has 3 N–H and O–H groups in total. The fourth-order valence-corrected chi connectivity index (χ4v) is 4.19. The molecule has 1 saturated heterocycles. The number of Topliss-reactive ketones (excluding diaryl/α,β-unsaturated/α-hetero) is 1. The minimum Gasteiger partial charge on any atom is -0.508 e. The first kappa shape index (κ1) is 19.6. The molecule has 32 heavy (non-hydrogen) atoms. The number of pyridine rings is 1. The second-order valence-corrected chi connectivity index (χ2v) is 7.63. The minimum atomic E-state index is -0.865. The summed E-state index contributed by atoms with van der Waals surface area (Å²) in [5.74, 6) is -1.75. The van der Waals surface area contributed by atoms with E-state index in [1.165, 1.54) is 17.0 Å². The van der Waals surface area contributed by atoms with E-state index in [0.29, 0.717) is 11.1 Å². The number of hydrogen-bond donors (Lipinski definition) is 3. The lowest BCUT2D eigenvalue weighted by molar-refractivity contribution is -0.140. The Kier molecular flexibility index (Phi) is 4.71. The summed E-state index contributed by atoms with van der Waals surface area (Å²) in [6, 6.07) is 16.4. The van der Waals surface area contributed by atoms with Crippen LogP contribution in [0.15, 0.2) is 84.8 Å². The van der Waals surface area contributed by atoms with E-state index < -0.39 is 17.7 Å². The molecule has 0 radical (unpaired) electrons. The number of para-hydroxylation sites is 1. The summed E-state index contributed by atoms with van der Waals surface area (Å²) in [4.78, 5) is 34.8. The maximum atomic E-state index is 13.1. The molecule has 1 atom stereocenters. The Bertz CT molecular complexity index is 1370. The third kappa shape index (κ3) is 3.20. The van der Waals surface area contributed by atoms with Crippen molar-refractivity contribution >= 4 is 28.4 Å². The van der Waals surface area contributed by atoms with Crippen LogP contribution in [0.25, 0.3) is 16.7 Å². The van der Waals surface area contributed by atoms with Crippen molar-refractivity contribution in [1.82, 2.24) is 14.9 Å². The lowest BCUT2D eigenvalue weighted by Gasteiger charge is -2.25. The van der Waals surface area contributed by atoms with Crippen LogP contribution in [0.5, 0.6) is 5.75 Å². The monoisotopic (exact) mass is 425 g/mol. The Hall–Kier alpha value is -4.39. The molecular formula is C25H19N3O4. The number of benzene rings is 2. The van der Waals surface area contributed by atoms with Crippen LogP contribution in [-0.2, 0) is 16.1 Å². The van der Waals surface area contributed by atoms with Gasteiger partial charge in [0.1, 0.15) is 11.5 Å². The normalized spacial score (nSPS) is 17.9. The Balaban J connectivity index is 1.70. The number of ketones is 1. The summed E-state index contributed by atoms with van der Waals surface area (Å²) in [5, 5.41) is 22.0. The van der Waals surface area contributed by atoms with Crippen LogP contribution in [0.1, 0.15) is 22.7 Å². The number of carbonyl (C=O) groups is 2. The molecule has 0 bridgehead atoms. The SMILES string of the molecule is O=C1C(=O)N(Cc2cccnc2)C(c2cccc(O)c2)/C1=C(/O)c1c[nH]c2ccccc12. The number of phenols is 1. The molecule has 5 rings (SSSR count). The van der Waals surface area contributed by atoms with E-state index in [4.69, 9.17) is 0 Å². The maximum Gasteiger partial charge on any atom is 0.295 e. The second-order valence-electron chi connectivity index (χ2n) is 7.63. The van der Waals surface area contributed by atoms with Crippen molar-refractivity contribution in [1.29, 1.82) is 0 Å². The fraction of sp³-hybridized carbons (Fsp3) is 0.0800. The molecule has 1 amide bonds. The fourth-order valence-electron chi connectivity index (χ4n) is 4.19. The summed E-state index contributed by atoms with van der Waals surface area (Å²) < 4.78 is 0. The number of aromatic hydroxyl groups is 1. The Morgan fingerprint density at radius 1 is 1.06 bits per heavy atom. The van der Waals surface area contributed by atoms with Gasteiger partial charge < -0.3 is 20.1 Å². The Morgan fingerprint density at radius 2 is 1.91 bits per heavy atom. The van der Waals surface area contributed by atoms with E-state index in [1.807, 2.05) is 30.3 Å². The highest BCUT2D eigenvalue weighted by Gasteiger charge is 2.46. The number of aromatic amines is 1. The summed E-state index contributed by atoms with van der Waals surface area (Å²) in [6.45, 7) is 0.128. The quantitative estimate of drug-likeness (QED) is 0.261. The number of hydrogen-bond acceptors (Lipinski definition) is 5. The van der Waals surface area contributed by atoms with Gasteiger partial charge in [-0.05, 0) is 35.4 Å². The van der Waals surface area contributed by atoms with E-state index in [2.05, 4.69) is 9.97 Å². The maximum absolute atomic E-state index is 13.1. The molecule has 1 aliphatic rings. The van der Waals surface area contributed by atoms with Crippen molar-refractivity contribution in [2.24, 2.45) is 0 Å². The predicted octanol–water partition coefficient (Wildman–Crippen LogP) is 3.89. The number of amides is 1. The van der Waals surface area contributed by atoms with E-state index in [0.717, 1.165) is 16.5 Å². The van der Waals surface area contributed by atoms with Gasteiger partial charge in [0.25, 0.3) is 11.7 Å². The van der Waals surface area contributed by atoms with Gasteiger partial charge in [-0.3, -0.25) is 14.6 Å². The molecule has 1 fully saturated rings. The third-order valence-corrected chi connectivity index (χ3v) is 5.65. The van der Waals surface area contributed by atoms with Gasteiger partial charge in [-0.1, -0.05) is 36.4 Å². The first-order valence-electron chi connectivity index (χ1n) is 10.1. The largest absolute Gasteiger partial charge is 0.508 e. The zero-order chi connectivity index (χ0) is 22.2. The number of phenolic OH excluding ortho intramolecular Hbond substituents is 1. The summed E-state index contributed by atoms with van der Waals surface area (Å²) in [5.41, 5.74) is 2.48. The summed E-state index contributed by atoms with van der Waals surface area (Å²) in [7, 11) is 0. The summed E-state index contributed by atoms with van der Waals surface area (Å²) in [6.07, 6.45) is 4.87. The molecule has 4 aromatic rings. The number of aromatic nitrogens is 2. The van der Waals surface area contributed by atoms with Gasteiger partial charge in [-0.25, -0.2) is 0 Å². The van der Waals surface area contributed by atoms with Crippen molar-refractivity contribution < 1.29 is 19.8 Å². The number of aliphatic hydroxyl groups is 1. The van der Waals surface area contributed by atoms with Crippen molar-refractivity contribution in [3.63, 3.8) is 0 Å². The highest BCUT2D eigenvalue weighted by molar-refractivity contribution is 6.46. The summed E-state index contributed by atoms with van der Waals surface area (Å²) >= 11 is 0. The van der Waals surface area contributed by atoms with E-state index >= 15 is 0 Å². The standard InChI is InChI=1S/C25H19N3O4/c29-17-7-3-6-16(11-17)22-21(23(30)19-13-27-20-9-2-1-8-18(19)20)24(31)25(32)28(22)14-15-5-4-10-26-12-15/h1-13,22,27,29-30H,14H2/b23-21-. The van der Waals surface area contributed by atoms with Gasteiger partial charge in [-0.15, -0.1) is 0 Å². The predicted molar refractivity (Wildman–Crippen MR) is 118 cm³/mol. The number of nitrogens with zero attached hydrogens (tertiary/aromatic N) is 2. The van der Waals surface area contributed by atoms with Gasteiger partial charge in [-0.2, -0.15) is 0 Å². The van der Waals surface area contributed by atoms with Gasteiger partial charge in [0.05, 0.1) is 11.6 Å².